The SMILES string of the molecule is CC1(C)CCc2ncc(F)cc2C2CCCN2c2ccn3ncc(c3n2)NC1=O. The lowest BCUT2D eigenvalue weighted by Gasteiger charge is -2.28. The van der Waals surface area contributed by atoms with Gasteiger partial charge in [-0.05, 0) is 43.4 Å². The second kappa shape index (κ2) is 6.50. The molecule has 5 rings (SSSR count). The first kappa shape index (κ1) is 18.0. The van der Waals surface area contributed by atoms with E-state index in [1.54, 1.807) is 16.8 Å². The average molecular weight is 394 g/mol. The van der Waals surface area contributed by atoms with Crippen molar-refractivity contribution >= 4 is 23.1 Å². The standard InChI is InChI=1S/C21H23FN6O/c1-21(2)7-5-15-14(10-13(22)11-23-15)17-4-3-8-27(17)18-6-9-28-19(26-18)16(12-24-28)25-20(21)29/h6,9-12,17H,3-5,7-8H2,1-2H3,(H,25,29). The summed E-state index contributed by atoms with van der Waals surface area (Å²) >= 11 is 0. The number of halogens is 1. The maximum Gasteiger partial charge on any atom is 0.230 e. The van der Waals surface area contributed by atoms with Gasteiger partial charge in [-0.15, -0.1) is 0 Å². The molecule has 5 heterocycles. The van der Waals surface area contributed by atoms with Gasteiger partial charge in [-0.2, -0.15) is 5.10 Å². The maximum atomic E-state index is 14.1. The lowest BCUT2D eigenvalue weighted by atomic mass is 9.85. The summed E-state index contributed by atoms with van der Waals surface area (Å²) in [5, 5.41) is 7.30. The van der Waals surface area contributed by atoms with E-state index in [4.69, 9.17) is 4.98 Å². The molecular weight excluding hydrogens is 371 g/mol. The minimum Gasteiger partial charge on any atom is -0.349 e. The van der Waals surface area contributed by atoms with E-state index in [2.05, 4.69) is 20.3 Å². The van der Waals surface area contributed by atoms with E-state index < -0.39 is 5.41 Å². The summed E-state index contributed by atoms with van der Waals surface area (Å²) in [6.07, 6.45) is 7.87. The predicted molar refractivity (Wildman–Crippen MR) is 107 cm³/mol. The maximum absolute atomic E-state index is 14.1. The molecule has 3 aromatic heterocycles. The van der Waals surface area contributed by atoms with Crippen LogP contribution in [0.5, 0.6) is 0 Å². The number of hydrogen-bond donors (Lipinski definition) is 1. The summed E-state index contributed by atoms with van der Waals surface area (Å²) in [5.41, 5.74) is 2.33. The van der Waals surface area contributed by atoms with E-state index in [0.29, 0.717) is 24.2 Å². The Morgan fingerprint density at radius 1 is 1.31 bits per heavy atom. The molecule has 8 heteroatoms. The first-order valence-corrected chi connectivity index (χ1v) is 9.99. The molecule has 7 nitrogen and oxygen atoms in total. The van der Waals surface area contributed by atoms with E-state index in [9.17, 15) is 9.18 Å². The van der Waals surface area contributed by atoms with Crippen LogP contribution in [-0.4, -0.2) is 32.0 Å². The van der Waals surface area contributed by atoms with Crippen LogP contribution in [0.2, 0.25) is 0 Å². The third-order valence-electron chi connectivity index (χ3n) is 6.08. The Morgan fingerprint density at radius 3 is 3.03 bits per heavy atom. The summed E-state index contributed by atoms with van der Waals surface area (Å²) in [4.78, 5) is 24.4. The lowest BCUT2D eigenvalue weighted by molar-refractivity contribution is -0.124. The minimum absolute atomic E-state index is 0.0158. The first-order chi connectivity index (χ1) is 13.9. The number of nitrogens with zero attached hydrogens (tertiary/aromatic N) is 5. The fraction of sp³-hybridized carbons (Fsp3) is 0.429. The normalized spacial score (nSPS) is 21.1. The smallest absolute Gasteiger partial charge is 0.230 e. The Kier molecular flexibility index (Phi) is 4.04. The van der Waals surface area contributed by atoms with E-state index in [1.165, 1.54) is 6.20 Å². The second-order valence-corrected chi connectivity index (χ2v) is 8.49. The highest BCUT2D eigenvalue weighted by Crippen LogP contribution is 2.38. The molecule has 29 heavy (non-hydrogen) atoms. The van der Waals surface area contributed by atoms with Crippen molar-refractivity contribution in [3.63, 3.8) is 0 Å². The van der Waals surface area contributed by atoms with Gasteiger partial charge < -0.3 is 10.2 Å². The van der Waals surface area contributed by atoms with Gasteiger partial charge in [0.15, 0.2) is 5.65 Å². The number of aryl methyl sites for hydroxylation is 1. The van der Waals surface area contributed by atoms with Crippen molar-refractivity contribution in [1.29, 1.82) is 0 Å². The molecule has 1 fully saturated rings. The zero-order chi connectivity index (χ0) is 20.2. The summed E-state index contributed by atoms with van der Waals surface area (Å²) in [7, 11) is 0. The van der Waals surface area contributed by atoms with Crippen molar-refractivity contribution < 1.29 is 9.18 Å². The molecule has 0 saturated carbocycles. The van der Waals surface area contributed by atoms with Gasteiger partial charge in [-0.25, -0.2) is 13.9 Å². The molecule has 2 bridgehead atoms. The van der Waals surface area contributed by atoms with Crippen LogP contribution in [0, 0.1) is 11.2 Å². The van der Waals surface area contributed by atoms with Crippen LogP contribution in [0.4, 0.5) is 15.9 Å². The molecular formula is C21H23FN6O. The highest BCUT2D eigenvalue weighted by Gasteiger charge is 2.33. The Labute approximate surface area is 168 Å². The summed E-state index contributed by atoms with van der Waals surface area (Å²) in [5.74, 6) is 0.367. The number of carbonyl (C=O) groups excluding carboxylic acids is 1. The largest absolute Gasteiger partial charge is 0.349 e. The Hall–Kier alpha value is -3.03. The van der Waals surface area contributed by atoms with Crippen molar-refractivity contribution in [2.75, 3.05) is 16.8 Å². The van der Waals surface area contributed by atoms with Crippen molar-refractivity contribution in [2.45, 2.75) is 45.6 Å². The van der Waals surface area contributed by atoms with E-state index in [0.717, 1.165) is 36.5 Å². The number of carbonyl (C=O) groups is 1. The number of anilines is 2. The van der Waals surface area contributed by atoms with Gasteiger partial charge in [0.25, 0.3) is 0 Å². The quantitative estimate of drug-likeness (QED) is 0.631. The molecule has 0 radical (unpaired) electrons. The predicted octanol–water partition coefficient (Wildman–Crippen LogP) is 3.52. The third kappa shape index (κ3) is 3.03. The molecule has 1 amide bonds. The third-order valence-corrected chi connectivity index (χ3v) is 6.08. The van der Waals surface area contributed by atoms with Gasteiger partial charge in [0.2, 0.25) is 5.91 Å². The summed E-state index contributed by atoms with van der Waals surface area (Å²) in [6, 6.07) is 3.53. The molecule has 3 aromatic rings. The molecule has 1 unspecified atom stereocenters. The average Bonchev–Trinajstić information content (AvgIpc) is 3.33. The summed E-state index contributed by atoms with van der Waals surface area (Å²) in [6.45, 7) is 4.67. The number of rotatable bonds is 0. The molecule has 0 spiro atoms. The minimum atomic E-state index is -0.622. The van der Waals surface area contributed by atoms with Gasteiger partial charge in [-0.1, -0.05) is 13.8 Å². The van der Waals surface area contributed by atoms with E-state index in [-0.39, 0.29) is 17.8 Å². The number of amides is 1. The molecule has 1 atom stereocenters. The number of nitrogens with one attached hydrogen (secondary N) is 1. The number of hydrogen-bond acceptors (Lipinski definition) is 5. The number of fused-ring (bicyclic) bond motifs is 5. The fourth-order valence-corrected chi connectivity index (χ4v) is 4.29. The van der Waals surface area contributed by atoms with Crippen LogP contribution in [0.1, 0.15) is 50.4 Å². The zero-order valence-electron chi connectivity index (χ0n) is 16.5. The van der Waals surface area contributed by atoms with Crippen molar-refractivity contribution in [1.82, 2.24) is 19.6 Å². The molecule has 2 aliphatic rings. The van der Waals surface area contributed by atoms with Crippen LogP contribution in [0.25, 0.3) is 5.65 Å². The van der Waals surface area contributed by atoms with E-state index >= 15 is 0 Å². The van der Waals surface area contributed by atoms with Crippen molar-refractivity contribution in [3.05, 3.63) is 47.8 Å². The van der Waals surface area contributed by atoms with Crippen LogP contribution < -0.4 is 10.2 Å². The molecule has 1 N–H and O–H groups in total. The highest BCUT2D eigenvalue weighted by molar-refractivity contribution is 5.97. The van der Waals surface area contributed by atoms with Gasteiger partial charge in [-0.3, -0.25) is 9.78 Å². The van der Waals surface area contributed by atoms with Crippen LogP contribution in [0.15, 0.2) is 30.7 Å². The van der Waals surface area contributed by atoms with Gasteiger partial charge in [0.1, 0.15) is 17.3 Å². The van der Waals surface area contributed by atoms with Crippen molar-refractivity contribution in [3.8, 4) is 0 Å². The monoisotopic (exact) mass is 394 g/mol. The molecule has 0 aliphatic carbocycles. The van der Waals surface area contributed by atoms with Gasteiger partial charge >= 0.3 is 0 Å². The van der Waals surface area contributed by atoms with Crippen LogP contribution >= 0.6 is 0 Å². The summed E-state index contributed by atoms with van der Waals surface area (Å²) < 4.78 is 15.8. The molecule has 0 aromatic carbocycles. The zero-order valence-corrected chi connectivity index (χ0v) is 16.5. The topological polar surface area (TPSA) is 75.4 Å². The Morgan fingerprint density at radius 2 is 2.17 bits per heavy atom. The van der Waals surface area contributed by atoms with Crippen LogP contribution in [0.3, 0.4) is 0 Å². The molecule has 1 saturated heterocycles. The highest BCUT2D eigenvalue weighted by atomic mass is 19.1. The van der Waals surface area contributed by atoms with Crippen molar-refractivity contribution in [2.24, 2.45) is 5.41 Å². The Bertz CT molecular complexity index is 1110. The number of aromatic nitrogens is 4. The molecule has 2 aliphatic heterocycles. The number of pyridine rings is 1. The molecule has 150 valence electrons. The second-order valence-electron chi connectivity index (χ2n) is 8.49. The lowest BCUT2D eigenvalue weighted by Crippen LogP contribution is -2.31. The Balaban J connectivity index is 1.70. The first-order valence-electron chi connectivity index (χ1n) is 9.99. The van der Waals surface area contributed by atoms with Gasteiger partial charge in [0.05, 0.1) is 18.4 Å². The van der Waals surface area contributed by atoms with Crippen LogP contribution in [-0.2, 0) is 11.2 Å². The van der Waals surface area contributed by atoms with Gasteiger partial charge in [0, 0.05) is 23.9 Å². The van der Waals surface area contributed by atoms with E-state index in [1.807, 2.05) is 26.1 Å². The fourth-order valence-electron chi connectivity index (χ4n) is 4.29.